The Morgan fingerprint density at radius 3 is 2.10 bits per heavy atom. The lowest BCUT2D eigenvalue weighted by Gasteiger charge is -2.09. The standard InChI is InChI=1S/C19H23N5O4S/c20-19(21)16-8-6-14(7-9-16)10-22-17(25)11-23-18(26)12-24-29(27,28)13-15-4-2-1-3-5-15/h1-9,24H,10-13H2,(H3,20,21)(H,22,25)(H,23,26). The van der Waals surface area contributed by atoms with Crippen LogP contribution >= 0.6 is 0 Å². The van der Waals surface area contributed by atoms with Gasteiger partial charge in [0.25, 0.3) is 0 Å². The smallest absolute Gasteiger partial charge is 0.239 e. The second-order valence-corrected chi connectivity index (χ2v) is 8.04. The number of carbonyl (C=O) groups excluding carboxylic acids is 2. The number of sulfonamides is 1. The summed E-state index contributed by atoms with van der Waals surface area (Å²) in [5, 5.41) is 12.3. The Morgan fingerprint density at radius 1 is 0.862 bits per heavy atom. The van der Waals surface area contributed by atoms with Crippen molar-refractivity contribution in [1.82, 2.24) is 15.4 Å². The van der Waals surface area contributed by atoms with E-state index in [1.807, 2.05) is 0 Å². The first kappa shape index (κ1) is 22.1. The molecule has 2 rings (SSSR count). The molecule has 2 aromatic carbocycles. The number of nitrogen functional groups attached to an aromatic ring is 1. The molecule has 0 radical (unpaired) electrons. The summed E-state index contributed by atoms with van der Waals surface area (Å²) in [4.78, 5) is 23.6. The zero-order valence-corrected chi connectivity index (χ0v) is 16.5. The predicted octanol–water partition coefficient (Wildman–Crippen LogP) is -0.177. The quantitative estimate of drug-likeness (QED) is 0.268. The van der Waals surface area contributed by atoms with Crippen molar-refractivity contribution < 1.29 is 18.0 Å². The number of carbonyl (C=O) groups is 2. The highest BCUT2D eigenvalue weighted by atomic mass is 32.2. The molecule has 0 saturated carbocycles. The maximum Gasteiger partial charge on any atom is 0.239 e. The lowest BCUT2D eigenvalue weighted by molar-refractivity contribution is -0.125. The van der Waals surface area contributed by atoms with Gasteiger partial charge in [0.2, 0.25) is 21.8 Å². The molecule has 0 atom stereocenters. The molecule has 29 heavy (non-hydrogen) atoms. The maximum atomic E-state index is 12.0. The monoisotopic (exact) mass is 417 g/mol. The average Bonchev–Trinajstić information content (AvgIpc) is 2.70. The van der Waals surface area contributed by atoms with E-state index in [1.165, 1.54) is 0 Å². The highest BCUT2D eigenvalue weighted by Crippen LogP contribution is 2.04. The molecular formula is C19H23N5O4S. The molecule has 0 aromatic heterocycles. The zero-order valence-electron chi connectivity index (χ0n) is 15.6. The largest absolute Gasteiger partial charge is 0.384 e. The third-order valence-electron chi connectivity index (χ3n) is 3.85. The van der Waals surface area contributed by atoms with Crippen LogP contribution in [0.25, 0.3) is 0 Å². The fraction of sp³-hybridized carbons (Fsp3) is 0.211. The number of amidine groups is 1. The first-order chi connectivity index (χ1) is 13.7. The highest BCUT2D eigenvalue weighted by Gasteiger charge is 2.13. The fourth-order valence-corrected chi connectivity index (χ4v) is 3.41. The second-order valence-electron chi connectivity index (χ2n) is 6.23. The molecule has 0 bridgehead atoms. The first-order valence-electron chi connectivity index (χ1n) is 8.73. The van der Waals surface area contributed by atoms with Crippen molar-refractivity contribution >= 4 is 27.7 Å². The Morgan fingerprint density at radius 2 is 1.48 bits per heavy atom. The third kappa shape index (κ3) is 8.11. The minimum atomic E-state index is -3.66. The van der Waals surface area contributed by atoms with Crippen molar-refractivity contribution in [2.45, 2.75) is 12.3 Å². The summed E-state index contributed by atoms with van der Waals surface area (Å²) < 4.78 is 26.2. The van der Waals surface area contributed by atoms with Crippen LogP contribution in [0.2, 0.25) is 0 Å². The van der Waals surface area contributed by atoms with Crippen LogP contribution in [0.3, 0.4) is 0 Å². The van der Waals surface area contributed by atoms with E-state index in [0.29, 0.717) is 11.1 Å². The zero-order chi connectivity index (χ0) is 21.3. The molecule has 0 spiro atoms. The topological polar surface area (TPSA) is 154 Å². The second kappa shape index (κ2) is 10.3. The Kier molecular flexibility index (Phi) is 7.87. The van der Waals surface area contributed by atoms with E-state index >= 15 is 0 Å². The van der Waals surface area contributed by atoms with Crippen LogP contribution in [0.1, 0.15) is 16.7 Å². The van der Waals surface area contributed by atoms with Gasteiger partial charge in [0, 0.05) is 12.1 Å². The van der Waals surface area contributed by atoms with Crippen LogP contribution in [0.5, 0.6) is 0 Å². The minimum absolute atomic E-state index is 0.0392. The van der Waals surface area contributed by atoms with Crippen molar-refractivity contribution in [3.63, 3.8) is 0 Å². The van der Waals surface area contributed by atoms with E-state index in [0.717, 1.165) is 5.56 Å². The average molecular weight is 417 g/mol. The van der Waals surface area contributed by atoms with E-state index in [2.05, 4.69) is 15.4 Å². The van der Waals surface area contributed by atoms with E-state index in [9.17, 15) is 18.0 Å². The molecule has 0 fully saturated rings. The first-order valence-corrected chi connectivity index (χ1v) is 10.4. The molecule has 0 aliphatic rings. The fourth-order valence-electron chi connectivity index (χ4n) is 2.33. The molecule has 9 nitrogen and oxygen atoms in total. The minimum Gasteiger partial charge on any atom is -0.384 e. The summed E-state index contributed by atoms with van der Waals surface area (Å²) in [6.07, 6.45) is 0. The van der Waals surface area contributed by atoms with Gasteiger partial charge in [-0.15, -0.1) is 0 Å². The van der Waals surface area contributed by atoms with Gasteiger partial charge in [0.15, 0.2) is 0 Å². The SMILES string of the molecule is N=C(N)c1ccc(CNC(=O)CNC(=O)CNS(=O)(=O)Cc2ccccc2)cc1. The van der Waals surface area contributed by atoms with Gasteiger partial charge in [-0.1, -0.05) is 54.6 Å². The summed E-state index contributed by atoms with van der Waals surface area (Å²) in [5.74, 6) is -1.30. The number of hydrogen-bond acceptors (Lipinski definition) is 5. The summed E-state index contributed by atoms with van der Waals surface area (Å²) in [5.41, 5.74) is 7.38. The van der Waals surface area contributed by atoms with E-state index < -0.39 is 28.4 Å². The molecule has 6 N–H and O–H groups in total. The van der Waals surface area contributed by atoms with E-state index in [-0.39, 0.29) is 24.7 Å². The van der Waals surface area contributed by atoms with Crippen LogP contribution in [-0.4, -0.2) is 39.2 Å². The van der Waals surface area contributed by atoms with Gasteiger partial charge < -0.3 is 16.4 Å². The van der Waals surface area contributed by atoms with Crippen molar-refractivity contribution in [3.05, 3.63) is 71.3 Å². The van der Waals surface area contributed by atoms with Crippen LogP contribution < -0.4 is 21.1 Å². The van der Waals surface area contributed by atoms with Gasteiger partial charge in [-0.05, 0) is 11.1 Å². The maximum absolute atomic E-state index is 12.0. The number of rotatable bonds is 10. The van der Waals surface area contributed by atoms with Crippen molar-refractivity contribution in [1.29, 1.82) is 5.41 Å². The normalized spacial score (nSPS) is 10.9. The molecule has 0 unspecified atom stereocenters. The highest BCUT2D eigenvalue weighted by molar-refractivity contribution is 7.88. The van der Waals surface area contributed by atoms with Crippen LogP contribution in [0.4, 0.5) is 0 Å². The Balaban J connectivity index is 1.68. The van der Waals surface area contributed by atoms with Gasteiger partial charge in [0.05, 0.1) is 18.8 Å². The number of nitrogens with one attached hydrogen (secondary N) is 4. The molecule has 10 heteroatoms. The third-order valence-corrected chi connectivity index (χ3v) is 5.15. The van der Waals surface area contributed by atoms with Crippen molar-refractivity contribution in [2.75, 3.05) is 13.1 Å². The summed E-state index contributed by atoms with van der Waals surface area (Å²) >= 11 is 0. The molecule has 154 valence electrons. The number of nitrogens with two attached hydrogens (primary N) is 1. The molecular weight excluding hydrogens is 394 g/mol. The lowest BCUT2D eigenvalue weighted by Crippen LogP contribution is -2.42. The molecule has 2 aromatic rings. The Hall–Kier alpha value is -3.24. The Labute approximate surface area is 169 Å². The van der Waals surface area contributed by atoms with Gasteiger partial charge >= 0.3 is 0 Å². The summed E-state index contributed by atoms with van der Waals surface area (Å²) in [6.45, 7) is -0.476. The van der Waals surface area contributed by atoms with Crippen LogP contribution in [0, 0.1) is 5.41 Å². The van der Waals surface area contributed by atoms with Gasteiger partial charge in [-0.2, -0.15) is 0 Å². The van der Waals surface area contributed by atoms with Crippen molar-refractivity contribution in [3.8, 4) is 0 Å². The molecule has 0 saturated heterocycles. The van der Waals surface area contributed by atoms with Gasteiger partial charge in [-0.25, -0.2) is 13.1 Å². The van der Waals surface area contributed by atoms with Gasteiger partial charge in [0.1, 0.15) is 5.84 Å². The van der Waals surface area contributed by atoms with Crippen molar-refractivity contribution in [2.24, 2.45) is 5.73 Å². The number of benzene rings is 2. The van der Waals surface area contributed by atoms with Crippen LogP contribution in [0.15, 0.2) is 54.6 Å². The molecule has 0 heterocycles. The Bertz CT molecular complexity index is 960. The van der Waals surface area contributed by atoms with Gasteiger partial charge in [-0.3, -0.25) is 15.0 Å². The summed E-state index contributed by atoms with van der Waals surface area (Å²) in [7, 11) is -3.66. The van der Waals surface area contributed by atoms with Crippen LogP contribution in [-0.2, 0) is 31.9 Å². The lowest BCUT2D eigenvalue weighted by atomic mass is 10.1. The van der Waals surface area contributed by atoms with E-state index in [1.54, 1.807) is 54.6 Å². The molecule has 0 aliphatic heterocycles. The predicted molar refractivity (Wildman–Crippen MR) is 109 cm³/mol. The number of amides is 2. The molecule has 0 aliphatic carbocycles. The van der Waals surface area contributed by atoms with E-state index in [4.69, 9.17) is 11.1 Å². The summed E-state index contributed by atoms with van der Waals surface area (Å²) in [6, 6.07) is 15.4. The molecule has 2 amide bonds. The number of hydrogen-bond donors (Lipinski definition) is 5.